The Balaban J connectivity index is 1.54. The third-order valence-electron chi connectivity index (χ3n) is 7.93. The van der Waals surface area contributed by atoms with Crippen LogP contribution in [-0.2, 0) is 18.0 Å². The van der Waals surface area contributed by atoms with Crippen molar-refractivity contribution in [3.8, 4) is 17.3 Å². The largest absolute Gasteiger partial charge is 0.389 e. The van der Waals surface area contributed by atoms with E-state index in [0.717, 1.165) is 36.2 Å². The van der Waals surface area contributed by atoms with Gasteiger partial charge in [0.25, 0.3) is 0 Å². The van der Waals surface area contributed by atoms with Crippen molar-refractivity contribution in [1.29, 1.82) is 5.26 Å². The van der Waals surface area contributed by atoms with Gasteiger partial charge in [0.1, 0.15) is 16.6 Å². The van der Waals surface area contributed by atoms with Crippen molar-refractivity contribution in [2.24, 2.45) is 5.92 Å². The van der Waals surface area contributed by atoms with Crippen LogP contribution in [0.15, 0.2) is 12.4 Å². The van der Waals surface area contributed by atoms with Crippen LogP contribution in [0.25, 0.3) is 32.2 Å². The first-order valence-corrected chi connectivity index (χ1v) is 13.3. The number of nitrogens with zero attached hydrogens (tertiary/aromatic N) is 6. The molecule has 0 amide bonds. The van der Waals surface area contributed by atoms with E-state index in [9.17, 15) is 9.65 Å². The van der Waals surface area contributed by atoms with Crippen molar-refractivity contribution in [1.82, 2.24) is 19.9 Å². The standard InChI is InChI=1S/C27H27F2N7OS/c1-12(2)35(4)19-9-36(8-13(19)3)27-33-6-15-16-10-37-11-17(16)20(22(29)23(15)34-27)24-21-14(5-30)26(31)38-25(21)18(28)7-32-24/h6-7,12-13,19H,8-11,31H2,1-4H3/t13-,19-/m0/s1. The van der Waals surface area contributed by atoms with E-state index in [-0.39, 0.29) is 50.6 Å². The van der Waals surface area contributed by atoms with Gasteiger partial charge in [0.05, 0.1) is 35.4 Å². The highest BCUT2D eigenvalue weighted by molar-refractivity contribution is 7.23. The molecule has 3 aromatic heterocycles. The van der Waals surface area contributed by atoms with Crippen molar-refractivity contribution in [2.45, 2.75) is 46.1 Å². The predicted molar refractivity (Wildman–Crippen MR) is 144 cm³/mol. The SMILES string of the molecule is CC(C)N(C)[C@H]1CN(c2ncc3c4c(c(-c5ncc(F)c6sc(N)c(C#N)c56)c(F)c3n2)COC4)C[C@@H]1C. The summed E-state index contributed by atoms with van der Waals surface area (Å²) in [5, 5.41) is 10.7. The summed E-state index contributed by atoms with van der Waals surface area (Å²) in [5.41, 5.74) is 7.99. The number of rotatable bonds is 4. The van der Waals surface area contributed by atoms with Crippen molar-refractivity contribution in [3.05, 3.63) is 40.7 Å². The lowest BCUT2D eigenvalue weighted by molar-refractivity contribution is 0.135. The second-order valence-electron chi connectivity index (χ2n) is 10.4. The highest BCUT2D eigenvalue weighted by Gasteiger charge is 2.35. The van der Waals surface area contributed by atoms with E-state index >= 15 is 4.39 Å². The van der Waals surface area contributed by atoms with Crippen LogP contribution in [-0.4, -0.2) is 52.1 Å². The van der Waals surface area contributed by atoms with E-state index in [4.69, 9.17) is 15.5 Å². The fourth-order valence-corrected chi connectivity index (χ4v) is 6.64. The van der Waals surface area contributed by atoms with Gasteiger partial charge < -0.3 is 15.4 Å². The zero-order chi connectivity index (χ0) is 26.9. The van der Waals surface area contributed by atoms with Crippen molar-refractivity contribution in [3.63, 3.8) is 0 Å². The molecule has 0 spiro atoms. The summed E-state index contributed by atoms with van der Waals surface area (Å²) in [5.74, 6) is -0.349. The predicted octanol–water partition coefficient (Wildman–Crippen LogP) is 4.83. The first-order valence-electron chi connectivity index (χ1n) is 12.5. The van der Waals surface area contributed by atoms with E-state index in [0.29, 0.717) is 34.9 Å². The fourth-order valence-electron chi connectivity index (χ4n) is 5.72. The number of nitrogen functional groups attached to an aromatic ring is 1. The van der Waals surface area contributed by atoms with Crippen LogP contribution in [0.2, 0.25) is 0 Å². The molecule has 1 fully saturated rings. The molecule has 2 atom stereocenters. The van der Waals surface area contributed by atoms with Crippen LogP contribution in [0.5, 0.6) is 0 Å². The highest BCUT2D eigenvalue weighted by Crippen LogP contribution is 2.45. The molecular weight excluding hydrogens is 508 g/mol. The topological polar surface area (TPSA) is 104 Å². The second-order valence-corrected chi connectivity index (χ2v) is 11.4. The maximum atomic E-state index is 16.5. The summed E-state index contributed by atoms with van der Waals surface area (Å²) in [6.45, 7) is 8.47. The van der Waals surface area contributed by atoms with Gasteiger partial charge in [-0.2, -0.15) is 5.26 Å². The number of nitrogens with two attached hydrogens (primary N) is 1. The maximum absolute atomic E-state index is 16.5. The second kappa shape index (κ2) is 9.08. The molecule has 2 N–H and O–H groups in total. The van der Waals surface area contributed by atoms with Crippen LogP contribution in [0.3, 0.4) is 0 Å². The molecule has 4 aromatic rings. The molecular formula is C27H27F2N7OS. The Bertz CT molecular complexity index is 1650. The lowest BCUT2D eigenvalue weighted by Gasteiger charge is -2.30. The molecule has 196 valence electrons. The molecule has 11 heteroatoms. The Hall–Kier alpha value is -3.46. The molecule has 38 heavy (non-hydrogen) atoms. The molecule has 0 radical (unpaired) electrons. The number of halogens is 2. The Kier molecular flexibility index (Phi) is 5.94. The zero-order valence-electron chi connectivity index (χ0n) is 21.5. The van der Waals surface area contributed by atoms with Gasteiger partial charge in [0, 0.05) is 47.7 Å². The summed E-state index contributed by atoms with van der Waals surface area (Å²) in [6, 6.07) is 2.76. The van der Waals surface area contributed by atoms with Gasteiger partial charge in [-0.1, -0.05) is 6.92 Å². The molecule has 6 rings (SSSR count). The summed E-state index contributed by atoms with van der Waals surface area (Å²) < 4.78 is 37.1. The Morgan fingerprint density at radius 3 is 2.71 bits per heavy atom. The first-order chi connectivity index (χ1) is 18.2. The number of anilines is 2. The molecule has 5 heterocycles. The number of nitriles is 1. The maximum Gasteiger partial charge on any atom is 0.226 e. The van der Waals surface area contributed by atoms with E-state index in [1.807, 2.05) is 6.07 Å². The highest BCUT2D eigenvalue weighted by atomic mass is 32.1. The number of fused-ring (bicyclic) bond motifs is 4. The lowest BCUT2D eigenvalue weighted by Crippen LogP contribution is -2.41. The third kappa shape index (κ3) is 3.62. The number of ether oxygens (including phenoxy) is 1. The monoisotopic (exact) mass is 535 g/mol. The van der Waals surface area contributed by atoms with E-state index < -0.39 is 11.6 Å². The number of hydrogen-bond acceptors (Lipinski definition) is 9. The number of thiophene rings is 1. The third-order valence-corrected chi connectivity index (χ3v) is 8.95. The average Bonchev–Trinajstić information content (AvgIpc) is 3.61. The quantitative estimate of drug-likeness (QED) is 0.396. The molecule has 0 saturated carbocycles. The minimum absolute atomic E-state index is 0.0916. The molecule has 1 saturated heterocycles. The van der Waals surface area contributed by atoms with E-state index in [2.05, 4.69) is 47.6 Å². The Morgan fingerprint density at radius 1 is 1.21 bits per heavy atom. The van der Waals surface area contributed by atoms with Crippen LogP contribution in [0, 0.1) is 28.9 Å². The van der Waals surface area contributed by atoms with Gasteiger partial charge in [-0.25, -0.2) is 18.7 Å². The number of likely N-dealkylation sites (N-methyl/N-ethyl adjacent to an activating group) is 1. The summed E-state index contributed by atoms with van der Waals surface area (Å²) in [4.78, 5) is 18.1. The van der Waals surface area contributed by atoms with Gasteiger partial charge >= 0.3 is 0 Å². The van der Waals surface area contributed by atoms with Crippen molar-refractivity contribution < 1.29 is 13.5 Å². The molecule has 1 aromatic carbocycles. The van der Waals surface area contributed by atoms with Gasteiger partial charge in [-0.05, 0) is 37.9 Å². The summed E-state index contributed by atoms with van der Waals surface area (Å²) in [6.07, 6.45) is 2.71. The van der Waals surface area contributed by atoms with Gasteiger partial charge in [-0.15, -0.1) is 11.3 Å². The van der Waals surface area contributed by atoms with Crippen LogP contribution < -0.4 is 10.6 Å². The van der Waals surface area contributed by atoms with Crippen LogP contribution in [0.4, 0.5) is 19.7 Å². The number of benzene rings is 1. The average molecular weight is 536 g/mol. The van der Waals surface area contributed by atoms with Crippen molar-refractivity contribution >= 4 is 43.3 Å². The van der Waals surface area contributed by atoms with Gasteiger partial charge in [0.2, 0.25) is 5.95 Å². The number of aromatic nitrogens is 3. The molecule has 0 bridgehead atoms. The van der Waals surface area contributed by atoms with Gasteiger partial charge in [0.15, 0.2) is 11.6 Å². The fraction of sp³-hybridized carbons (Fsp3) is 0.407. The number of pyridine rings is 1. The molecule has 2 aliphatic heterocycles. The summed E-state index contributed by atoms with van der Waals surface area (Å²) >= 11 is 0.956. The smallest absolute Gasteiger partial charge is 0.226 e. The Morgan fingerprint density at radius 2 is 1.97 bits per heavy atom. The summed E-state index contributed by atoms with van der Waals surface area (Å²) in [7, 11) is 2.12. The van der Waals surface area contributed by atoms with Crippen LogP contribution >= 0.6 is 11.3 Å². The first kappa shape index (κ1) is 24.9. The van der Waals surface area contributed by atoms with E-state index in [1.54, 1.807) is 6.20 Å². The zero-order valence-corrected chi connectivity index (χ0v) is 22.4. The molecule has 8 nitrogen and oxygen atoms in total. The minimum Gasteiger partial charge on any atom is -0.389 e. The van der Waals surface area contributed by atoms with Gasteiger partial charge in [-0.3, -0.25) is 9.88 Å². The minimum atomic E-state index is -0.607. The molecule has 0 unspecified atom stereocenters. The lowest BCUT2D eigenvalue weighted by atomic mass is 9.94. The van der Waals surface area contributed by atoms with Crippen LogP contribution in [0.1, 0.15) is 37.5 Å². The van der Waals surface area contributed by atoms with E-state index in [1.165, 1.54) is 0 Å². The molecule has 2 aliphatic rings. The normalized spacial score (nSPS) is 19.3. The Labute approximate surface area is 222 Å². The number of hydrogen-bond donors (Lipinski definition) is 1. The molecule has 0 aliphatic carbocycles. The van der Waals surface area contributed by atoms with Crippen molar-refractivity contribution in [2.75, 3.05) is 30.8 Å².